The van der Waals surface area contributed by atoms with Crippen LogP contribution in [-0.4, -0.2) is 43.3 Å². The van der Waals surface area contributed by atoms with Crippen LogP contribution in [-0.2, 0) is 4.79 Å². The quantitative estimate of drug-likeness (QED) is 0.759. The van der Waals surface area contributed by atoms with Gasteiger partial charge in [-0.05, 0) is 55.6 Å². The third-order valence-electron chi connectivity index (χ3n) is 4.37. The van der Waals surface area contributed by atoms with Crippen LogP contribution in [0.5, 0.6) is 0 Å². The summed E-state index contributed by atoms with van der Waals surface area (Å²) in [6.07, 6.45) is 5.35. The number of nitrogens with zero attached hydrogens (tertiary/aromatic N) is 6. The van der Waals surface area contributed by atoms with Crippen LogP contribution in [0.2, 0.25) is 0 Å². The topological polar surface area (TPSA) is 88.8 Å². The molecule has 134 valence electrons. The molecule has 9 heteroatoms. The summed E-state index contributed by atoms with van der Waals surface area (Å²) in [7, 11) is 0. The Morgan fingerprint density at radius 1 is 1.31 bits per heavy atom. The minimum absolute atomic E-state index is 0.0412. The lowest BCUT2D eigenvalue weighted by molar-refractivity contribution is -0.120. The van der Waals surface area contributed by atoms with Crippen molar-refractivity contribution in [3.8, 4) is 5.82 Å². The molecule has 26 heavy (non-hydrogen) atoms. The lowest BCUT2D eigenvalue weighted by Gasteiger charge is -2.32. The molecule has 1 fully saturated rings. The number of carbonyl (C=O) groups excluding carboxylic acids is 1. The van der Waals surface area contributed by atoms with E-state index in [1.54, 1.807) is 10.9 Å². The molecule has 4 heterocycles. The van der Waals surface area contributed by atoms with Crippen molar-refractivity contribution in [1.29, 1.82) is 0 Å². The number of hydrogen-bond donors (Lipinski definition) is 1. The van der Waals surface area contributed by atoms with Gasteiger partial charge < -0.3 is 10.2 Å². The largest absolute Gasteiger partial charge is 0.354 e. The summed E-state index contributed by atoms with van der Waals surface area (Å²) < 4.78 is 5.86. The molecule has 3 aromatic rings. The average Bonchev–Trinajstić information content (AvgIpc) is 3.34. The van der Waals surface area contributed by atoms with E-state index in [0.29, 0.717) is 12.4 Å². The highest BCUT2D eigenvalue weighted by Gasteiger charge is 2.27. The van der Waals surface area contributed by atoms with Crippen molar-refractivity contribution in [3.05, 3.63) is 42.4 Å². The average molecular weight is 369 g/mol. The van der Waals surface area contributed by atoms with E-state index in [9.17, 15) is 4.79 Å². The summed E-state index contributed by atoms with van der Waals surface area (Å²) >= 11 is 1.31. The van der Waals surface area contributed by atoms with E-state index in [0.717, 1.165) is 35.9 Å². The second kappa shape index (κ2) is 7.20. The molecule has 0 aliphatic carbocycles. The molecule has 0 unspecified atom stereocenters. The Hall–Kier alpha value is -2.81. The number of amides is 1. The highest BCUT2D eigenvalue weighted by atomic mass is 32.1. The number of piperidine rings is 1. The van der Waals surface area contributed by atoms with E-state index in [2.05, 4.69) is 29.9 Å². The van der Waals surface area contributed by atoms with Crippen LogP contribution in [0.4, 0.5) is 10.8 Å². The zero-order valence-corrected chi connectivity index (χ0v) is 15.2. The highest BCUT2D eigenvalue weighted by molar-refractivity contribution is 7.10. The van der Waals surface area contributed by atoms with Gasteiger partial charge in [-0.15, -0.1) is 10.2 Å². The van der Waals surface area contributed by atoms with E-state index in [1.807, 2.05) is 37.4 Å². The Bertz CT molecular complexity index is 875. The first-order valence-electron chi connectivity index (χ1n) is 8.52. The Morgan fingerprint density at radius 3 is 2.85 bits per heavy atom. The normalized spacial score (nSPS) is 17.3. The Balaban J connectivity index is 1.42. The van der Waals surface area contributed by atoms with Gasteiger partial charge in [0.05, 0.1) is 11.6 Å². The number of aryl methyl sites for hydroxylation is 1. The molecule has 0 bridgehead atoms. The van der Waals surface area contributed by atoms with Gasteiger partial charge in [-0.1, -0.05) is 0 Å². The summed E-state index contributed by atoms with van der Waals surface area (Å²) in [6.45, 7) is 3.43. The second-order valence-corrected chi connectivity index (χ2v) is 7.11. The monoisotopic (exact) mass is 369 g/mol. The number of hydrogen-bond acceptors (Lipinski definition) is 7. The van der Waals surface area contributed by atoms with Crippen molar-refractivity contribution in [3.63, 3.8) is 0 Å². The van der Waals surface area contributed by atoms with Gasteiger partial charge in [-0.3, -0.25) is 4.79 Å². The van der Waals surface area contributed by atoms with E-state index in [4.69, 9.17) is 0 Å². The van der Waals surface area contributed by atoms with Crippen LogP contribution in [0.25, 0.3) is 5.82 Å². The lowest BCUT2D eigenvalue weighted by atomic mass is 9.97. The molecule has 1 N–H and O–H groups in total. The number of nitrogens with one attached hydrogen (secondary N) is 1. The first-order valence-corrected chi connectivity index (χ1v) is 9.29. The highest BCUT2D eigenvalue weighted by Crippen LogP contribution is 2.24. The van der Waals surface area contributed by atoms with Gasteiger partial charge in [-0.2, -0.15) is 9.47 Å². The molecule has 8 nitrogen and oxygen atoms in total. The molecule has 1 amide bonds. The molecule has 0 aromatic carbocycles. The van der Waals surface area contributed by atoms with Gasteiger partial charge in [0.15, 0.2) is 11.6 Å². The van der Waals surface area contributed by atoms with Crippen LogP contribution in [0.1, 0.15) is 18.5 Å². The van der Waals surface area contributed by atoms with Gasteiger partial charge in [0.1, 0.15) is 5.00 Å². The summed E-state index contributed by atoms with van der Waals surface area (Å²) in [4.78, 5) is 14.7. The van der Waals surface area contributed by atoms with Crippen LogP contribution >= 0.6 is 11.5 Å². The third-order valence-corrected chi connectivity index (χ3v) is 5.16. The van der Waals surface area contributed by atoms with Crippen LogP contribution in [0.3, 0.4) is 0 Å². The molecule has 3 aromatic heterocycles. The standard InChI is InChI=1S/C17H19N7OS/c1-12-10-16(26-22-12)19-17(25)13-4-2-8-23(11-13)14-5-6-15(21-20-14)24-9-3-7-18-24/h3,5-7,9-10,13H,2,4,8,11H2,1H3,(H,19,25)/t13-/m0/s1. The minimum atomic E-state index is -0.0706. The molecular weight excluding hydrogens is 350 g/mol. The van der Waals surface area contributed by atoms with Crippen molar-refractivity contribution < 1.29 is 4.79 Å². The van der Waals surface area contributed by atoms with Crippen LogP contribution in [0, 0.1) is 12.8 Å². The van der Waals surface area contributed by atoms with E-state index in [-0.39, 0.29) is 11.8 Å². The SMILES string of the molecule is Cc1cc(NC(=O)[C@H]2CCCN(c3ccc(-n4cccn4)nn3)C2)sn1. The zero-order valence-electron chi connectivity index (χ0n) is 14.4. The number of anilines is 2. The Morgan fingerprint density at radius 2 is 2.15 bits per heavy atom. The van der Waals surface area contributed by atoms with Gasteiger partial charge >= 0.3 is 0 Å². The summed E-state index contributed by atoms with van der Waals surface area (Å²) in [5.74, 6) is 1.43. The fourth-order valence-corrected chi connectivity index (χ4v) is 3.72. The minimum Gasteiger partial charge on any atom is -0.354 e. The van der Waals surface area contributed by atoms with Gasteiger partial charge in [-0.25, -0.2) is 4.68 Å². The first-order chi connectivity index (χ1) is 12.7. The van der Waals surface area contributed by atoms with Crippen molar-refractivity contribution in [2.45, 2.75) is 19.8 Å². The van der Waals surface area contributed by atoms with Crippen LogP contribution < -0.4 is 10.2 Å². The Labute approximate surface area is 155 Å². The van der Waals surface area contributed by atoms with Crippen molar-refractivity contribution in [2.75, 3.05) is 23.3 Å². The fraction of sp³-hybridized carbons (Fsp3) is 0.353. The van der Waals surface area contributed by atoms with E-state index < -0.39 is 0 Å². The molecule has 1 aliphatic heterocycles. The molecule has 1 aliphatic rings. The predicted molar refractivity (Wildman–Crippen MR) is 99.6 cm³/mol. The number of carbonyl (C=O) groups is 1. The first kappa shape index (κ1) is 16.6. The maximum atomic E-state index is 12.6. The zero-order chi connectivity index (χ0) is 17.9. The number of rotatable bonds is 4. The fourth-order valence-electron chi connectivity index (χ4n) is 3.06. The molecule has 0 radical (unpaired) electrons. The molecule has 4 rings (SSSR count). The van der Waals surface area contributed by atoms with Gasteiger partial charge in [0.25, 0.3) is 0 Å². The molecular formula is C17H19N7OS. The van der Waals surface area contributed by atoms with Gasteiger partial charge in [0.2, 0.25) is 5.91 Å². The van der Waals surface area contributed by atoms with Gasteiger partial charge in [0, 0.05) is 25.5 Å². The molecule has 0 spiro atoms. The summed E-state index contributed by atoms with van der Waals surface area (Å²) in [5.41, 5.74) is 0.920. The van der Waals surface area contributed by atoms with Crippen molar-refractivity contribution in [1.82, 2.24) is 24.4 Å². The summed E-state index contributed by atoms with van der Waals surface area (Å²) in [6, 6.07) is 7.55. The van der Waals surface area contributed by atoms with Crippen LogP contribution in [0.15, 0.2) is 36.7 Å². The Kier molecular flexibility index (Phi) is 4.61. The summed E-state index contributed by atoms with van der Waals surface area (Å²) in [5, 5.41) is 16.5. The lowest BCUT2D eigenvalue weighted by Crippen LogP contribution is -2.41. The molecule has 1 saturated heterocycles. The number of aromatic nitrogens is 5. The molecule has 1 atom stereocenters. The maximum Gasteiger partial charge on any atom is 0.229 e. The van der Waals surface area contributed by atoms with Crippen molar-refractivity contribution >= 4 is 28.3 Å². The third kappa shape index (κ3) is 3.57. The van der Waals surface area contributed by atoms with E-state index in [1.165, 1.54) is 11.5 Å². The van der Waals surface area contributed by atoms with E-state index >= 15 is 0 Å². The maximum absolute atomic E-state index is 12.6. The smallest absolute Gasteiger partial charge is 0.229 e. The predicted octanol–water partition coefficient (Wildman–Crippen LogP) is 2.28. The second-order valence-electron chi connectivity index (χ2n) is 6.31. The van der Waals surface area contributed by atoms with Crippen molar-refractivity contribution in [2.24, 2.45) is 5.92 Å². The molecule has 0 saturated carbocycles.